The molecule has 0 radical (unpaired) electrons. The lowest BCUT2D eigenvalue weighted by molar-refractivity contribution is -0.142. The molecule has 0 saturated heterocycles. The molecule has 0 heterocycles. The Labute approximate surface area is 194 Å². The van der Waals surface area contributed by atoms with E-state index in [4.69, 9.17) is 27.9 Å². The van der Waals surface area contributed by atoms with Gasteiger partial charge in [-0.25, -0.2) is 0 Å². The van der Waals surface area contributed by atoms with Crippen molar-refractivity contribution in [3.05, 3.63) is 63.1 Å². The van der Waals surface area contributed by atoms with Crippen molar-refractivity contribution in [2.45, 2.75) is 59.7 Å². The Hall–Kier alpha value is -2.24. The number of carbonyl (C=O) groups excluding carboxylic acids is 2. The molecule has 168 valence electrons. The molecule has 2 aromatic rings. The van der Waals surface area contributed by atoms with E-state index in [-0.39, 0.29) is 25.0 Å². The van der Waals surface area contributed by atoms with Crippen molar-refractivity contribution >= 4 is 35.0 Å². The van der Waals surface area contributed by atoms with Crippen LogP contribution in [0.2, 0.25) is 10.0 Å². The van der Waals surface area contributed by atoms with E-state index in [1.54, 1.807) is 25.1 Å². The molecule has 0 spiro atoms. The minimum absolute atomic E-state index is 0.0895. The predicted molar refractivity (Wildman–Crippen MR) is 126 cm³/mol. The van der Waals surface area contributed by atoms with Crippen LogP contribution >= 0.6 is 23.2 Å². The molecule has 1 N–H and O–H groups in total. The lowest BCUT2D eigenvalue weighted by atomic mass is 10.1. The number of ether oxygens (including phenoxy) is 1. The summed E-state index contributed by atoms with van der Waals surface area (Å²) in [5.41, 5.74) is 2.19. The van der Waals surface area contributed by atoms with Crippen LogP contribution in [-0.4, -0.2) is 34.9 Å². The largest absolute Gasteiger partial charge is 0.483 e. The topological polar surface area (TPSA) is 58.6 Å². The van der Waals surface area contributed by atoms with Gasteiger partial charge in [0.2, 0.25) is 5.91 Å². The molecular formula is C24H30Cl2N2O3. The minimum Gasteiger partial charge on any atom is -0.483 e. The first-order valence-electron chi connectivity index (χ1n) is 10.1. The molecule has 31 heavy (non-hydrogen) atoms. The van der Waals surface area contributed by atoms with Crippen LogP contribution in [0.3, 0.4) is 0 Å². The number of benzene rings is 2. The molecule has 7 heteroatoms. The molecule has 0 aromatic heterocycles. The smallest absolute Gasteiger partial charge is 0.261 e. The van der Waals surface area contributed by atoms with Gasteiger partial charge >= 0.3 is 0 Å². The quantitative estimate of drug-likeness (QED) is 0.602. The van der Waals surface area contributed by atoms with Crippen LogP contribution in [0.25, 0.3) is 0 Å². The fourth-order valence-corrected chi connectivity index (χ4v) is 3.53. The highest BCUT2D eigenvalue weighted by molar-refractivity contribution is 6.36. The monoisotopic (exact) mass is 464 g/mol. The summed E-state index contributed by atoms with van der Waals surface area (Å²) in [7, 11) is 0. The lowest BCUT2D eigenvalue weighted by Crippen LogP contribution is -2.53. The molecule has 2 rings (SSSR count). The number of halogens is 2. The summed E-state index contributed by atoms with van der Waals surface area (Å²) in [6.45, 7) is 11.1. The predicted octanol–water partition coefficient (Wildman–Crippen LogP) is 5.32. The van der Waals surface area contributed by atoms with Gasteiger partial charge in [-0.3, -0.25) is 9.59 Å². The lowest BCUT2D eigenvalue weighted by Gasteiger charge is -2.32. The van der Waals surface area contributed by atoms with Crippen molar-refractivity contribution in [1.29, 1.82) is 0 Å². The van der Waals surface area contributed by atoms with E-state index < -0.39 is 11.6 Å². The fraction of sp³-hybridized carbons (Fsp3) is 0.417. The number of rotatable bonds is 7. The first kappa shape index (κ1) is 25.0. The van der Waals surface area contributed by atoms with E-state index in [9.17, 15) is 9.59 Å². The standard InChI is InChI=1S/C24H30Cl2N2O3/c1-15-9-7-12-21(16(15)2)31-14-22(29)28(17(3)23(30)27-24(4,5)6)13-18-19(25)10-8-11-20(18)26/h7-12,17H,13-14H2,1-6H3,(H,27,30)/t17-/m0/s1. The Morgan fingerprint density at radius 2 is 1.65 bits per heavy atom. The Balaban J connectivity index is 2.28. The van der Waals surface area contributed by atoms with Crippen LogP contribution in [0, 0.1) is 13.8 Å². The summed E-state index contributed by atoms with van der Waals surface area (Å²) in [4.78, 5) is 27.5. The SMILES string of the molecule is Cc1cccc(OCC(=O)N(Cc2c(Cl)cccc2Cl)[C@@H](C)C(=O)NC(C)(C)C)c1C. The third-order valence-corrected chi connectivity index (χ3v) is 5.67. The Morgan fingerprint density at radius 1 is 1.06 bits per heavy atom. The molecule has 2 aromatic carbocycles. The van der Waals surface area contributed by atoms with Gasteiger partial charge in [0.15, 0.2) is 6.61 Å². The van der Waals surface area contributed by atoms with E-state index in [1.165, 1.54) is 4.90 Å². The number of aryl methyl sites for hydroxylation is 1. The highest BCUT2D eigenvalue weighted by Gasteiger charge is 2.29. The zero-order valence-corrected chi connectivity index (χ0v) is 20.4. The zero-order chi connectivity index (χ0) is 23.3. The van der Waals surface area contributed by atoms with Crippen LogP contribution in [0.5, 0.6) is 5.75 Å². The molecule has 0 saturated carbocycles. The van der Waals surface area contributed by atoms with Gasteiger partial charge in [0.05, 0.1) is 0 Å². The van der Waals surface area contributed by atoms with Gasteiger partial charge in [0.25, 0.3) is 5.91 Å². The van der Waals surface area contributed by atoms with Crippen LogP contribution < -0.4 is 10.1 Å². The van der Waals surface area contributed by atoms with Gasteiger partial charge in [0.1, 0.15) is 11.8 Å². The second-order valence-corrected chi connectivity index (χ2v) is 9.44. The maximum atomic E-state index is 13.2. The molecule has 5 nitrogen and oxygen atoms in total. The highest BCUT2D eigenvalue weighted by atomic mass is 35.5. The average Bonchev–Trinajstić information content (AvgIpc) is 2.67. The van der Waals surface area contributed by atoms with Crippen molar-refractivity contribution in [2.75, 3.05) is 6.61 Å². The first-order chi connectivity index (χ1) is 14.4. The van der Waals surface area contributed by atoms with Crippen molar-refractivity contribution < 1.29 is 14.3 Å². The van der Waals surface area contributed by atoms with E-state index >= 15 is 0 Å². The number of nitrogens with zero attached hydrogens (tertiary/aromatic N) is 1. The second-order valence-electron chi connectivity index (χ2n) is 8.62. The Kier molecular flexibility index (Phi) is 8.38. The highest BCUT2D eigenvalue weighted by Crippen LogP contribution is 2.27. The van der Waals surface area contributed by atoms with Crippen LogP contribution in [0.4, 0.5) is 0 Å². The summed E-state index contributed by atoms with van der Waals surface area (Å²) >= 11 is 12.7. The minimum atomic E-state index is -0.749. The van der Waals surface area contributed by atoms with Gasteiger partial charge < -0.3 is 15.0 Å². The molecule has 1 atom stereocenters. The van der Waals surface area contributed by atoms with Crippen molar-refractivity contribution in [1.82, 2.24) is 10.2 Å². The van der Waals surface area contributed by atoms with Gasteiger partial charge in [-0.05, 0) is 70.9 Å². The molecule has 0 aliphatic heterocycles. The zero-order valence-electron chi connectivity index (χ0n) is 18.9. The van der Waals surface area contributed by atoms with E-state index in [0.29, 0.717) is 21.4 Å². The average molecular weight is 465 g/mol. The van der Waals surface area contributed by atoms with E-state index in [2.05, 4.69) is 5.32 Å². The molecular weight excluding hydrogens is 435 g/mol. The van der Waals surface area contributed by atoms with Crippen LogP contribution in [-0.2, 0) is 16.1 Å². The summed E-state index contributed by atoms with van der Waals surface area (Å²) in [6, 6.07) is 10.1. The summed E-state index contributed by atoms with van der Waals surface area (Å²) in [5, 5.41) is 3.79. The van der Waals surface area contributed by atoms with Crippen LogP contribution in [0.15, 0.2) is 36.4 Å². The molecule has 0 aliphatic carbocycles. The van der Waals surface area contributed by atoms with Crippen molar-refractivity contribution in [3.8, 4) is 5.75 Å². The van der Waals surface area contributed by atoms with E-state index in [0.717, 1.165) is 11.1 Å². The first-order valence-corrected chi connectivity index (χ1v) is 10.9. The molecule has 2 amide bonds. The normalized spacial score (nSPS) is 12.3. The maximum Gasteiger partial charge on any atom is 0.261 e. The van der Waals surface area contributed by atoms with Gasteiger partial charge in [-0.15, -0.1) is 0 Å². The molecule has 0 aliphatic rings. The van der Waals surface area contributed by atoms with E-state index in [1.807, 2.05) is 52.8 Å². The Bertz CT molecular complexity index is 934. The van der Waals surface area contributed by atoms with Gasteiger partial charge in [-0.1, -0.05) is 41.4 Å². The molecule has 0 fully saturated rings. The van der Waals surface area contributed by atoms with Crippen molar-refractivity contribution in [2.24, 2.45) is 0 Å². The maximum absolute atomic E-state index is 13.2. The molecule has 0 unspecified atom stereocenters. The Morgan fingerprint density at radius 3 is 2.23 bits per heavy atom. The summed E-state index contributed by atoms with van der Waals surface area (Å²) in [6.07, 6.45) is 0. The van der Waals surface area contributed by atoms with Crippen molar-refractivity contribution in [3.63, 3.8) is 0 Å². The second kappa shape index (κ2) is 10.4. The number of hydrogen-bond donors (Lipinski definition) is 1. The third kappa shape index (κ3) is 6.88. The number of hydrogen-bond acceptors (Lipinski definition) is 3. The summed E-state index contributed by atoms with van der Waals surface area (Å²) < 4.78 is 5.80. The number of amides is 2. The third-order valence-electron chi connectivity index (χ3n) is 4.96. The van der Waals surface area contributed by atoms with Crippen LogP contribution in [0.1, 0.15) is 44.4 Å². The van der Waals surface area contributed by atoms with Gasteiger partial charge in [-0.2, -0.15) is 0 Å². The molecule has 0 bridgehead atoms. The van der Waals surface area contributed by atoms with Gasteiger partial charge in [0, 0.05) is 27.7 Å². The number of carbonyl (C=O) groups is 2. The fourth-order valence-electron chi connectivity index (χ4n) is 3.01. The summed E-state index contributed by atoms with van der Waals surface area (Å²) in [5.74, 6) is 0.0279. The number of nitrogens with one attached hydrogen (secondary N) is 1.